The van der Waals surface area contributed by atoms with E-state index in [0.29, 0.717) is 5.56 Å². The lowest BCUT2D eigenvalue weighted by atomic mass is 9.77. The third-order valence-electron chi connectivity index (χ3n) is 9.18. The van der Waals surface area contributed by atoms with E-state index in [9.17, 15) is 13.9 Å². The fraction of sp³-hybridized carbons (Fsp3) is 0.444. The number of benzene rings is 3. The number of phenols is 1. The fourth-order valence-corrected chi connectivity index (χ4v) is 6.89. The first-order valence-electron chi connectivity index (χ1n) is 15.3. The third kappa shape index (κ3) is 6.77. The van der Waals surface area contributed by atoms with Gasteiger partial charge in [0.15, 0.2) is 11.6 Å². The van der Waals surface area contributed by atoms with E-state index in [0.717, 1.165) is 78.3 Å². The first kappa shape index (κ1) is 28.4. The van der Waals surface area contributed by atoms with Crippen LogP contribution >= 0.6 is 0 Å². The van der Waals surface area contributed by atoms with Crippen molar-refractivity contribution >= 4 is 16.8 Å². The minimum atomic E-state index is -0.590. The van der Waals surface area contributed by atoms with Crippen LogP contribution in [0.4, 0.5) is 14.5 Å². The molecule has 0 amide bonds. The number of unbranched alkanes of at least 4 members (excludes halogenated alkanes) is 2. The number of nitrogens with two attached hydrogens (primary N) is 1. The second kappa shape index (κ2) is 13.5. The Kier molecular flexibility index (Phi) is 9.57. The number of hydrogen-bond acceptors (Lipinski definition) is 2. The predicted octanol–water partition coefficient (Wildman–Crippen LogP) is 9.68. The fourth-order valence-electron chi connectivity index (χ4n) is 6.89. The molecular formula is C36H43F2NO. The van der Waals surface area contributed by atoms with Crippen molar-refractivity contribution in [1.82, 2.24) is 0 Å². The minimum Gasteiger partial charge on any atom is -0.504 e. The van der Waals surface area contributed by atoms with E-state index in [2.05, 4.69) is 36.4 Å². The first-order valence-corrected chi connectivity index (χ1v) is 15.3. The number of aromatic hydroxyl groups is 1. The topological polar surface area (TPSA) is 46.2 Å². The zero-order chi connectivity index (χ0) is 27.9. The highest BCUT2D eigenvalue weighted by atomic mass is 19.1. The lowest BCUT2D eigenvalue weighted by Gasteiger charge is -2.28. The maximum atomic E-state index is 14.4. The number of phenolic OH excluding ortho intramolecular Hbond substituents is 1. The van der Waals surface area contributed by atoms with E-state index in [4.69, 9.17) is 5.73 Å². The van der Waals surface area contributed by atoms with Crippen LogP contribution in [0.15, 0.2) is 60.7 Å². The molecule has 40 heavy (non-hydrogen) atoms. The summed E-state index contributed by atoms with van der Waals surface area (Å²) in [6.45, 7) is -0.175. The molecule has 2 aliphatic rings. The average Bonchev–Trinajstić information content (AvgIpc) is 3.16. The molecule has 5 rings (SSSR count). The summed E-state index contributed by atoms with van der Waals surface area (Å²) in [5.74, 6) is 0.770. The Bertz CT molecular complexity index is 1300. The van der Waals surface area contributed by atoms with Crippen LogP contribution < -0.4 is 5.73 Å². The third-order valence-corrected chi connectivity index (χ3v) is 9.18. The molecule has 0 bridgehead atoms. The number of aryl methyl sites for hydroxylation is 2. The molecule has 1 fully saturated rings. The van der Waals surface area contributed by atoms with Gasteiger partial charge in [-0.1, -0.05) is 87.4 Å². The van der Waals surface area contributed by atoms with Crippen molar-refractivity contribution in [2.24, 2.45) is 11.8 Å². The van der Waals surface area contributed by atoms with E-state index in [1.54, 1.807) is 6.07 Å². The lowest BCUT2D eigenvalue weighted by Crippen LogP contribution is -2.15. The van der Waals surface area contributed by atoms with Crippen molar-refractivity contribution in [2.75, 3.05) is 12.4 Å². The molecule has 4 heteroatoms. The average molecular weight is 544 g/mol. The summed E-state index contributed by atoms with van der Waals surface area (Å²) in [4.78, 5) is 0. The van der Waals surface area contributed by atoms with E-state index in [1.807, 2.05) is 12.1 Å². The number of rotatable bonds is 10. The predicted molar refractivity (Wildman–Crippen MR) is 162 cm³/mol. The number of nitrogen functional groups attached to an aromatic ring is 1. The van der Waals surface area contributed by atoms with Gasteiger partial charge in [-0.3, -0.25) is 4.39 Å². The van der Waals surface area contributed by atoms with Crippen molar-refractivity contribution in [3.05, 3.63) is 94.3 Å². The number of anilines is 1. The summed E-state index contributed by atoms with van der Waals surface area (Å²) in [6.07, 6.45) is 14.4. The zero-order valence-electron chi connectivity index (χ0n) is 23.6. The Hall–Kier alpha value is -3.14. The lowest BCUT2D eigenvalue weighted by molar-refractivity contribution is 0.248. The maximum Gasteiger partial charge on any atom is 0.165 e. The van der Waals surface area contributed by atoms with Crippen molar-refractivity contribution in [3.63, 3.8) is 0 Å². The van der Waals surface area contributed by atoms with Gasteiger partial charge in [0, 0.05) is 11.3 Å². The Morgan fingerprint density at radius 1 is 0.800 bits per heavy atom. The molecule has 0 saturated heterocycles. The van der Waals surface area contributed by atoms with Crippen LogP contribution in [0.5, 0.6) is 5.75 Å². The first-order chi connectivity index (χ1) is 19.5. The van der Waals surface area contributed by atoms with Crippen LogP contribution in [0.2, 0.25) is 0 Å². The standard InChI is InChI=1S/C36H43F2NO/c37-23-3-1-2-6-25-11-13-26(14-12-25)15-16-27-17-19-28(20-18-27)35-31-22-21-30(39)24-29(31)7-4-8-32(35)33-9-5-10-34(38)36(33)40/h5,9-10,17-22,24-26,40H,1-4,6-8,11-16,23,39H2. The van der Waals surface area contributed by atoms with E-state index in [1.165, 1.54) is 62.1 Å². The van der Waals surface area contributed by atoms with Crippen molar-refractivity contribution in [2.45, 2.75) is 83.5 Å². The summed E-state index contributed by atoms with van der Waals surface area (Å²) in [7, 11) is 0. The van der Waals surface area contributed by atoms with Crippen LogP contribution in [0.1, 0.15) is 98.4 Å². The summed E-state index contributed by atoms with van der Waals surface area (Å²) < 4.78 is 26.7. The molecule has 1 saturated carbocycles. The van der Waals surface area contributed by atoms with Gasteiger partial charge in [-0.05, 0) is 102 Å². The van der Waals surface area contributed by atoms with Crippen LogP contribution in [0, 0.1) is 17.7 Å². The summed E-state index contributed by atoms with van der Waals surface area (Å²) in [5.41, 5.74) is 14.2. The van der Waals surface area contributed by atoms with Gasteiger partial charge >= 0.3 is 0 Å². The van der Waals surface area contributed by atoms with Crippen LogP contribution in [0.3, 0.4) is 0 Å². The number of para-hydroxylation sites is 1. The Morgan fingerprint density at radius 3 is 2.30 bits per heavy atom. The molecule has 0 heterocycles. The molecule has 2 aliphatic carbocycles. The number of halogens is 2. The maximum absolute atomic E-state index is 14.4. The molecule has 212 valence electrons. The molecule has 2 nitrogen and oxygen atoms in total. The number of fused-ring (bicyclic) bond motifs is 1. The minimum absolute atomic E-state index is 0.175. The van der Waals surface area contributed by atoms with Gasteiger partial charge in [-0.15, -0.1) is 0 Å². The van der Waals surface area contributed by atoms with Crippen molar-refractivity contribution in [3.8, 4) is 5.75 Å². The van der Waals surface area contributed by atoms with Crippen molar-refractivity contribution < 1.29 is 13.9 Å². The normalized spacial score (nSPS) is 19.4. The number of alkyl halides is 1. The molecule has 0 radical (unpaired) electrons. The largest absolute Gasteiger partial charge is 0.504 e. The molecule has 0 spiro atoms. The molecule has 0 aromatic heterocycles. The van der Waals surface area contributed by atoms with Gasteiger partial charge in [0.2, 0.25) is 0 Å². The van der Waals surface area contributed by atoms with E-state index < -0.39 is 5.82 Å². The second-order valence-electron chi connectivity index (χ2n) is 11.9. The molecule has 0 unspecified atom stereocenters. The van der Waals surface area contributed by atoms with Gasteiger partial charge < -0.3 is 10.8 Å². The quantitative estimate of drug-likeness (QED) is 0.197. The highest BCUT2D eigenvalue weighted by molar-refractivity contribution is 6.01. The second-order valence-corrected chi connectivity index (χ2v) is 11.9. The molecule has 0 aliphatic heterocycles. The van der Waals surface area contributed by atoms with E-state index in [-0.39, 0.29) is 12.4 Å². The van der Waals surface area contributed by atoms with Crippen LogP contribution in [-0.2, 0) is 12.8 Å². The number of hydrogen-bond donors (Lipinski definition) is 2. The Morgan fingerprint density at radius 2 is 1.55 bits per heavy atom. The van der Waals surface area contributed by atoms with Crippen LogP contribution in [0.25, 0.3) is 11.1 Å². The Labute approximate surface area is 238 Å². The summed E-state index contributed by atoms with van der Waals surface area (Å²) >= 11 is 0. The van der Waals surface area contributed by atoms with Gasteiger partial charge in [0.05, 0.1) is 6.67 Å². The monoisotopic (exact) mass is 543 g/mol. The summed E-state index contributed by atoms with van der Waals surface area (Å²) in [6, 6.07) is 19.7. The van der Waals surface area contributed by atoms with Crippen LogP contribution in [-0.4, -0.2) is 11.8 Å². The SMILES string of the molecule is Nc1ccc2c(c1)CCCC(c1cccc(F)c1O)=C2c1ccc(CCC2CCC(CCCCCF)CC2)cc1. The molecule has 0 atom stereocenters. The van der Waals surface area contributed by atoms with Gasteiger partial charge in [-0.25, -0.2) is 4.39 Å². The van der Waals surface area contributed by atoms with Gasteiger partial charge in [0.25, 0.3) is 0 Å². The number of allylic oxidation sites excluding steroid dienone is 1. The molecule has 3 N–H and O–H groups in total. The van der Waals surface area contributed by atoms with Gasteiger partial charge in [0.1, 0.15) is 0 Å². The van der Waals surface area contributed by atoms with E-state index >= 15 is 0 Å². The highest BCUT2D eigenvalue weighted by Gasteiger charge is 2.24. The van der Waals surface area contributed by atoms with Gasteiger partial charge in [-0.2, -0.15) is 0 Å². The molecule has 3 aromatic carbocycles. The zero-order valence-corrected chi connectivity index (χ0v) is 23.6. The molecular weight excluding hydrogens is 500 g/mol. The summed E-state index contributed by atoms with van der Waals surface area (Å²) in [5, 5.41) is 10.7. The highest BCUT2D eigenvalue weighted by Crippen LogP contribution is 2.43. The Balaban J connectivity index is 1.32. The van der Waals surface area contributed by atoms with Crippen molar-refractivity contribution in [1.29, 1.82) is 0 Å². The smallest absolute Gasteiger partial charge is 0.165 e. The molecule has 3 aromatic rings.